The number of hydrogen-bond acceptors (Lipinski definition) is 3. The van der Waals surface area contributed by atoms with Crippen molar-refractivity contribution < 1.29 is 14.1 Å². The first-order chi connectivity index (χ1) is 17.0. The Labute approximate surface area is 205 Å². The molecule has 1 aromatic heterocycles. The number of carbonyl (C=O) groups is 2. The standard InChI is InChI=1S/C29H30N4O2/c1-21-11-10-20-33(21,28(34)19-18-27-30-25-16-8-9-17-26(25)32(27)2)29(35)31-24-15-7-6-14-23(24)22-12-4-3-5-13-22/h3-9,12-17,21H,10-11,18-20H2,1-2H3/p+1/t21-,33?/m1/s1. The van der Waals surface area contributed by atoms with Gasteiger partial charge in [-0.15, -0.1) is 0 Å². The maximum Gasteiger partial charge on any atom is 0.428 e. The van der Waals surface area contributed by atoms with Crippen LogP contribution in [0.4, 0.5) is 10.5 Å². The minimum atomic E-state index is -0.242. The number of amides is 3. The molecule has 2 heterocycles. The van der Waals surface area contributed by atoms with Crippen LogP contribution in [0.5, 0.6) is 0 Å². The summed E-state index contributed by atoms with van der Waals surface area (Å²) in [5.74, 6) is 0.816. The molecule has 1 aliphatic rings. The van der Waals surface area contributed by atoms with Crippen LogP contribution in [-0.2, 0) is 18.3 Å². The molecule has 1 fully saturated rings. The summed E-state index contributed by atoms with van der Waals surface area (Å²) >= 11 is 0. The highest BCUT2D eigenvalue weighted by Gasteiger charge is 2.52. The van der Waals surface area contributed by atoms with Crippen LogP contribution in [-0.4, -0.2) is 38.6 Å². The molecule has 4 aromatic rings. The molecule has 178 valence electrons. The zero-order chi connectivity index (χ0) is 24.4. The number of carbonyl (C=O) groups excluding carboxylic acids is 2. The number of imidazole rings is 1. The van der Waals surface area contributed by atoms with Crippen molar-refractivity contribution in [3.8, 4) is 11.1 Å². The van der Waals surface area contributed by atoms with Crippen LogP contribution in [0.15, 0.2) is 78.9 Å². The van der Waals surface area contributed by atoms with Gasteiger partial charge in [0.1, 0.15) is 11.9 Å². The summed E-state index contributed by atoms with van der Waals surface area (Å²) in [5.41, 5.74) is 4.66. The fourth-order valence-corrected chi connectivity index (χ4v) is 5.38. The van der Waals surface area contributed by atoms with E-state index in [1.54, 1.807) is 0 Å². The third kappa shape index (κ3) is 4.15. The number of aryl methyl sites for hydroxylation is 2. The highest BCUT2D eigenvalue weighted by molar-refractivity contribution is 5.96. The van der Waals surface area contributed by atoms with Gasteiger partial charge in [0.15, 0.2) is 0 Å². The first kappa shape index (κ1) is 23.0. The van der Waals surface area contributed by atoms with E-state index in [2.05, 4.69) is 5.32 Å². The van der Waals surface area contributed by atoms with Crippen LogP contribution in [0.2, 0.25) is 0 Å². The highest BCUT2D eigenvalue weighted by atomic mass is 16.2. The number of nitrogens with one attached hydrogen (secondary N) is 1. The maximum absolute atomic E-state index is 13.8. The van der Waals surface area contributed by atoms with Gasteiger partial charge in [0.25, 0.3) is 0 Å². The molecule has 0 aliphatic carbocycles. The molecule has 0 radical (unpaired) electrons. The number of quaternary nitrogens is 1. The molecule has 1 unspecified atom stereocenters. The number of urea groups is 1. The fraction of sp³-hybridized carbons (Fsp3) is 0.276. The summed E-state index contributed by atoms with van der Waals surface area (Å²) in [6.45, 7) is 2.55. The van der Waals surface area contributed by atoms with E-state index in [9.17, 15) is 9.59 Å². The molecule has 1 aliphatic heterocycles. The lowest BCUT2D eigenvalue weighted by molar-refractivity contribution is -0.782. The Kier molecular flexibility index (Phi) is 6.22. The maximum atomic E-state index is 13.8. The number of fused-ring (bicyclic) bond motifs is 1. The molecular weight excluding hydrogens is 436 g/mol. The minimum Gasteiger partial charge on any atom is -0.331 e. The Hall–Kier alpha value is -3.77. The summed E-state index contributed by atoms with van der Waals surface area (Å²) in [4.78, 5) is 32.3. The highest BCUT2D eigenvalue weighted by Crippen LogP contribution is 2.33. The van der Waals surface area contributed by atoms with Crippen molar-refractivity contribution in [1.29, 1.82) is 0 Å². The second-order valence-corrected chi connectivity index (χ2v) is 9.39. The Bertz CT molecular complexity index is 1380. The normalized spacial score (nSPS) is 19.7. The average Bonchev–Trinajstić information content (AvgIpc) is 3.44. The lowest BCUT2D eigenvalue weighted by Gasteiger charge is -2.33. The van der Waals surface area contributed by atoms with Crippen molar-refractivity contribution in [1.82, 2.24) is 9.55 Å². The summed E-state index contributed by atoms with van der Waals surface area (Å²) in [5, 5.41) is 3.13. The van der Waals surface area contributed by atoms with Gasteiger partial charge in [0.05, 0.1) is 29.7 Å². The van der Waals surface area contributed by atoms with E-state index >= 15 is 0 Å². The lowest BCUT2D eigenvalue weighted by Crippen LogP contribution is -2.60. The molecule has 1 saturated heterocycles. The number of anilines is 1. The van der Waals surface area contributed by atoms with Crippen molar-refractivity contribution in [3.05, 3.63) is 84.7 Å². The summed E-state index contributed by atoms with van der Waals surface area (Å²) in [6, 6.07) is 25.4. The van der Waals surface area contributed by atoms with E-state index in [4.69, 9.17) is 4.98 Å². The summed E-state index contributed by atoms with van der Waals surface area (Å²) < 4.78 is 1.88. The van der Waals surface area contributed by atoms with Crippen molar-refractivity contribution in [2.24, 2.45) is 7.05 Å². The van der Waals surface area contributed by atoms with Crippen molar-refractivity contribution in [2.45, 2.75) is 38.6 Å². The molecule has 6 heteroatoms. The van der Waals surface area contributed by atoms with Crippen molar-refractivity contribution >= 4 is 28.7 Å². The van der Waals surface area contributed by atoms with E-state index in [1.165, 1.54) is 0 Å². The molecule has 6 nitrogen and oxygen atoms in total. The zero-order valence-corrected chi connectivity index (χ0v) is 20.3. The summed E-state index contributed by atoms with van der Waals surface area (Å²) in [7, 11) is 1.98. The van der Waals surface area contributed by atoms with Gasteiger partial charge in [-0.2, -0.15) is 4.48 Å². The molecule has 3 aromatic carbocycles. The molecule has 0 bridgehead atoms. The number of rotatable bonds is 5. The minimum absolute atomic E-state index is 0.0447. The van der Waals surface area contributed by atoms with Crippen LogP contribution in [0.25, 0.3) is 22.2 Å². The molecule has 1 N–H and O–H groups in total. The SMILES string of the molecule is C[C@@H]1CCC[N+]1(C(=O)CCc1nc2ccccc2n1C)C(=O)Nc1ccccc1-c1ccccc1. The number of hydrogen-bond donors (Lipinski definition) is 1. The fourth-order valence-electron chi connectivity index (χ4n) is 5.38. The third-order valence-corrected chi connectivity index (χ3v) is 7.39. The Morgan fingerprint density at radius 3 is 2.46 bits per heavy atom. The van der Waals surface area contributed by atoms with Gasteiger partial charge in [-0.1, -0.05) is 60.7 Å². The number of benzene rings is 3. The second kappa shape index (κ2) is 9.47. The van der Waals surface area contributed by atoms with Gasteiger partial charge in [-0.25, -0.2) is 14.6 Å². The van der Waals surface area contributed by atoms with Crippen LogP contribution in [0.3, 0.4) is 0 Å². The second-order valence-electron chi connectivity index (χ2n) is 9.39. The average molecular weight is 468 g/mol. The van der Waals surface area contributed by atoms with Crippen molar-refractivity contribution in [3.63, 3.8) is 0 Å². The number of nitrogens with zero attached hydrogens (tertiary/aromatic N) is 3. The lowest BCUT2D eigenvalue weighted by atomic mass is 10.0. The first-order valence-electron chi connectivity index (χ1n) is 12.3. The van der Waals surface area contributed by atoms with Gasteiger partial charge < -0.3 is 4.57 Å². The number of aromatic nitrogens is 2. The van der Waals surface area contributed by atoms with Crippen molar-refractivity contribution in [2.75, 3.05) is 11.9 Å². The molecule has 3 amide bonds. The van der Waals surface area contributed by atoms with Crippen LogP contribution in [0, 0.1) is 0 Å². The largest absolute Gasteiger partial charge is 0.428 e. The third-order valence-electron chi connectivity index (χ3n) is 7.39. The van der Waals surface area contributed by atoms with Gasteiger partial charge in [0, 0.05) is 31.9 Å². The number of likely N-dealkylation sites (tertiary alicyclic amines) is 1. The summed E-state index contributed by atoms with van der Waals surface area (Å²) in [6.07, 6.45) is 2.48. The Morgan fingerprint density at radius 2 is 1.71 bits per heavy atom. The molecule has 5 rings (SSSR count). The van der Waals surface area contributed by atoms with Gasteiger partial charge >= 0.3 is 11.9 Å². The van der Waals surface area contributed by atoms with Crippen LogP contribution in [0.1, 0.15) is 32.0 Å². The first-order valence-corrected chi connectivity index (χ1v) is 12.3. The van der Waals surface area contributed by atoms with E-state index in [0.717, 1.165) is 46.5 Å². The Morgan fingerprint density at radius 1 is 1.00 bits per heavy atom. The predicted molar refractivity (Wildman–Crippen MR) is 139 cm³/mol. The van der Waals surface area contributed by atoms with Gasteiger partial charge in [-0.05, 0) is 30.7 Å². The zero-order valence-electron chi connectivity index (χ0n) is 20.3. The van der Waals surface area contributed by atoms with E-state index in [0.29, 0.717) is 13.0 Å². The van der Waals surface area contributed by atoms with E-state index < -0.39 is 0 Å². The number of para-hydroxylation sites is 3. The van der Waals surface area contributed by atoms with E-state index in [-0.39, 0.29) is 28.9 Å². The molecular formula is C29H31N4O2+. The van der Waals surface area contributed by atoms with E-state index in [1.807, 2.05) is 97.4 Å². The Balaban J connectivity index is 1.39. The van der Waals surface area contributed by atoms with Crippen LogP contribution < -0.4 is 5.32 Å². The topological polar surface area (TPSA) is 64.0 Å². The monoisotopic (exact) mass is 467 g/mol. The van der Waals surface area contributed by atoms with Gasteiger partial charge in [-0.3, -0.25) is 5.32 Å². The number of imide groups is 1. The molecule has 0 saturated carbocycles. The smallest absolute Gasteiger partial charge is 0.331 e. The molecule has 0 spiro atoms. The van der Waals surface area contributed by atoms with Crippen LogP contribution >= 0.6 is 0 Å². The quantitative estimate of drug-likeness (QED) is 0.370. The molecule has 35 heavy (non-hydrogen) atoms. The van der Waals surface area contributed by atoms with Gasteiger partial charge in [0.2, 0.25) is 0 Å². The molecule has 2 atom stereocenters. The predicted octanol–water partition coefficient (Wildman–Crippen LogP) is 5.93.